The first-order valence-corrected chi connectivity index (χ1v) is 11.4. The van der Waals surface area contributed by atoms with E-state index < -0.39 is 0 Å². The van der Waals surface area contributed by atoms with E-state index in [0.29, 0.717) is 19.4 Å². The van der Waals surface area contributed by atoms with Crippen molar-refractivity contribution < 1.29 is 14.6 Å². The molecule has 1 aromatic rings. The van der Waals surface area contributed by atoms with Crippen molar-refractivity contribution in [1.82, 2.24) is 0 Å². The summed E-state index contributed by atoms with van der Waals surface area (Å²) < 4.78 is 5.25. The molecule has 3 nitrogen and oxygen atoms in total. The van der Waals surface area contributed by atoms with Crippen molar-refractivity contribution in [1.29, 1.82) is 0 Å². The Morgan fingerprint density at radius 3 is 1.87 bits per heavy atom. The summed E-state index contributed by atoms with van der Waals surface area (Å²) in [5.74, 6) is 0.0990. The van der Waals surface area contributed by atoms with Gasteiger partial charge >= 0.3 is 5.97 Å². The highest BCUT2D eigenvalue weighted by molar-refractivity contribution is 5.69. The van der Waals surface area contributed by atoms with Crippen LogP contribution in [0.4, 0.5) is 0 Å². The van der Waals surface area contributed by atoms with Crippen LogP contribution >= 0.6 is 0 Å². The highest BCUT2D eigenvalue weighted by atomic mass is 16.5. The van der Waals surface area contributed by atoms with Crippen LogP contribution in [0.3, 0.4) is 0 Å². The molecule has 0 aliphatic rings. The molecular weight excluding hydrogens is 384 g/mol. The van der Waals surface area contributed by atoms with Crippen molar-refractivity contribution in [3.05, 3.63) is 90.6 Å². The molecule has 1 rings (SSSR count). The van der Waals surface area contributed by atoms with Gasteiger partial charge in [-0.1, -0.05) is 79.8 Å². The van der Waals surface area contributed by atoms with Crippen LogP contribution in [0.25, 0.3) is 0 Å². The van der Waals surface area contributed by atoms with Crippen LogP contribution in [-0.4, -0.2) is 17.7 Å². The minimum Gasteiger partial charge on any atom is -0.508 e. The highest BCUT2D eigenvalue weighted by Crippen LogP contribution is 2.10. The van der Waals surface area contributed by atoms with Crippen molar-refractivity contribution in [3.8, 4) is 5.75 Å². The zero-order chi connectivity index (χ0) is 22.4. The van der Waals surface area contributed by atoms with E-state index >= 15 is 0 Å². The van der Waals surface area contributed by atoms with Gasteiger partial charge in [-0.2, -0.15) is 0 Å². The quantitative estimate of drug-likeness (QED) is 0.171. The van der Waals surface area contributed by atoms with Gasteiger partial charge in [0.15, 0.2) is 0 Å². The molecule has 3 heteroatoms. The fourth-order valence-electron chi connectivity index (χ4n) is 2.75. The van der Waals surface area contributed by atoms with Crippen LogP contribution in [0, 0.1) is 0 Å². The van der Waals surface area contributed by atoms with E-state index in [1.165, 1.54) is 0 Å². The topological polar surface area (TPSA) is 46.5 Å². The number of unbranched alkanes of at least 4 members (excludes halogenated alkanes) is 1. The summed E-state index contributed by atoms with van der Waals surface area (Å²) in [6.45, 7) is 2.53. The number of aromatic hydroxyl groups is 1. The smallest absolute Gasteiger partial charge is 0.305 e. The maximum atomic E-state index is 11.7. The normalized spacial score (nSPS) is 12.3. The van der Waals surface area contributed by atoms with Gasteiger partial charge in [0.25, 0.3) is 0 Å². The summed E-state index contributed by atoms with van der Waals surface area (Å²) in [6, 6.07) is 6.96. The number of hydrogen-bond acceptors (Lipinski definition) is 3. The van der Waals surface area contributed by atoms with E-state index in [1.54, 1.807) is 12.1 Å². The Bertz CT molecular complexity index is 721. The number of benzene rings is 1. The molecular formula is C28H38O3. The Hall–Kier alpha value is -2.81. The Kier molecular flexibility index (Phi) is 16.2. The van der Waals surface area contributed by atoms with Gasteiger partial charge < -0.3 is 9.84 Å². The number of esters is 1. The molecule has 1 N–H and O–H groups in total. The van der Waals surface area contributed by atoms with Gasteiger partial charge in [0.1, 0.15) is 5.75 Å². The van der Waals surface area contributed by atoms with Crippen molar-refractivity contribution in [2.75, 3.05) is 6.61 Å². The van der Waals surface area contributed by atoms with Crippen molar-refractivity contribution in [2.45, 2.75) is 64.7 Å². The minimum absolute atomic E-state index is 0.147. The van der Waals surface area contributed by atoms with Gasteiger partial charge in [0.05, 0.1) is 6.61 Å². The van der Waals surface area contributed by atoms with E-state index in [1.807, 2.05) is 12.1 Å². The van der Waals surface area contributed by atoms with Gasteiger partial charge in [0, 0.05) is 12.8 Å². The van der Waals surface area contributed by atoms with Crippen LogP contribution in [0.15, 0.2) is 85.0 Å². The third-order valence-corrected chi connectivity index (χ3v) is 4.50. The molecule has 168 valence electrons. The second-order valence-electron chi connectivity index (χ2n) is 7.24. The second-order valence-corrected chi connectivity index (χ2v) is 7.24. The van der Waals surface area contributed by atoms with Crippen molar-refractivity contribution in [3.63, 3.8) is 0 Å². The molecule has 0 fully saturated rings. The molecule has 0 spiro atoms. The van der Waals surface area contributed by atoms with Gasteiger partial charge in [-0.15, -0.1) is 0 Å². The first-order chi connectivity index (χ1) is 15.2. The molecule has 0 saturated carbocycles. The minimum atomic E-state index is -0.147. The number of allylic oxidation sites excluding steroid dienone is 10. The van der Waals surface area contributed by atoms with E-state index in [2.05, 4.69) is 67.7 Å². The first kappa shape index (κ1) is 26.2. The van der Waals surface area contributed by atoms with Crippen molar-refractivity contribution >= 4 is 5.97 Å². The van der Waals surface area contributed by atoms with E-state index in [9.17, 15) is 9.90 Å². The van der Waals surface area contributed by atoms with Crippen molar-refractivity contribution in [2.24, 2.45) is 0 Å². The van der Waals surface area contributed by atoms with Gasteiger partial charge in [-0.05, 0) is 62.6 Å². The maximum Gasteiger partial charge on any atom is 0.305 e. The molecule has 0 bridgehead atoms. The molecule has 31 heavy (non-hydrogen) atoms. The summed E-state index contributed by atoms with van der Waals surface area (Å²) in [7, 11) is 0. The summed E-state index contributed by atoms with van der Waals surface area (Å²) >= 11 is 0. The molecule has 0 radical (unpaired) electrons. The molecule has 0 atom stereocenters. The Morgan fingerprint density at radius 2 is 1.32 bits per heavy atom. The molecule has 0 aliphatic heterocycles. The van der Waals surface area contributed by atoms with E-state index in [0.717, 1.165) is 50.5 Å². The average Bonchev–Trinajstić information content (AvgIpc) is 2.77. The van der Waals surface area contributed by atoms with Gasteiger partial charge in [0.2, 0.25) is 0 Å². The summed E-state index contributed by atoms with van der Waals surface area (Å²) in [4.78, 5) is 11.7. The molecule has 1 aromatic carbocycles. The molecule has 0 aliphatic carbocycles. The lowest BCUT2D eigenvalue weighted by Gasteiger charge is -2.04. The Balaban J connectivity index is 1.96. The third-order valence-electron chi connectivity index (χ3n) is 4.50. The lowest BCUT2D eigenvalue weighted by atomic mass is 10.1. The number of phenols is 1. The van der Waals surface area contributed by atoms with Crippen LogP contribution < -0.4 is 0 Å². The van der Waals surface area contributed by atoms with Crippen LogP contribution in [0.1, 0.15) is 63.9 Å². The fraction of sp³-hybridized carbons (Fsp3) is 0.393. The van der Waals surface area contributed by atoms with Crippen LogP contribution in [-0.2, 0) is 16.0 Å². The fourth-order valence-corrected chi connectivity index (χ4v) is 2.75. The SMILES string of the molecule is CCC=CCC=CCC=CCC=CCC=CCCCC(=O)OCCc1ccc(O)cc1. The largest absolute Gasteiger partial charge is 0.508 e. The predicted molar refractivity (Wildman–Crippen MR) is 131 cm³/mol. The number of carbonyl (C=O) groups is 1. The monoisotopic (exact) mass is 422 g/mol. The summed E-state index contributed by atoms with van der Waals surface area (Å²) in [5.41, 5.74) is 1.05. The van der Waals surface area contributed by atoms with Gasteiger partial charge in [-0.25, -0.2) is 0 Å². The lowest BCUT2D eigenvalue weighted by molar-refractivity contribution is -0.143. The Labute approximate surface area is 188 Å². The van der Waals surface area contributed by atoms with Gasteiger partial charge in [-0.3, -0.25) is 4.79 Å². The third kappa shape index (κ3) is 16.7. The van der Waals surface area contributed by atoms with Crippen LogP contribution in [0.5, 0.6) is 5.75 Å². The number of rotatable bonds is 16. The average molecular weight is 423 g/mol. The predicted octanol–water partition coefficient (Wildman–Crippen LogP) is 7.40. The van der Waals surface area contributed by atoms with E-state index in [-0.39, 0.29) is 11.7 Å². The number of carbonyl (C=O) groups excluding carboxylic acids is 1. The molecule has 0 heterocycles. The zero-order valence-corrected chi connectivity index (χ0v) is 18.9. The zero-order valence-electron chi connectivity index (χ0n) is 18.9. The molecule has 0 unspecified atom stereocenters. The Morgan fingerprint density at radius 1 is 0.806 bits per heavy atom. The standard InChI is InChI=1S/C28H38O3/c1-2-3-4-5-6-7-8-9-10-11-12-13-14-15-16-17-18-19-28(30)31-25-24-26-20-22-27(29)23-21-26/h3-4,6-7,9-10,12-13,15-16,20-23,29H,2,5,8,11,14,17-19,24-25H2,1H3. The van der Waals surface area contributed by atoms with E-state index in [4.69, 9.17) is 4.74 Å². The number of phenolic OH excluding ortho intramolecular Hbond substituents is 1. The first-order valence-electron chi connectivity index (χ1n) is 11.4. The number of hydrogen-bond donors (Lipinski definition) is 1. The maximum absolute atomic E-state index is 11.7. The lowest BCUT2D eigenvalue weighted by Crippen LogP contribution is -2.07. The molecule has 0 amide bonds. The highest BCUT2D eigenvalue weighted by Gasteiger charge is 2.02. The summed E-state index contributed by atoms with van der Waals surface area (Å²) in [5, 5.41) is 9.24. The second kappa shape index (κ2) is 19.2. The summed E-state index contributed by atoms with van der Waals surface area (Å²) in [6.07, 6.45) is 29.6. The molecule has 0 aromatic heterocycles. The number of ether oxygens (including phenoxy) is 1. The molecule has 0 saturated heterocycles. The van der Waals surface area contributed by atoms with Crippen LogP contribution in [0.2, 0.25) is 0 Å².